The monoisotopic (exact) mass is 310 g/mol. The molecule has 4 heteroatoms. The number of pyridine rings is 1. The average molecular weight is 310 g/mol. The Hall–Kier alpha value is -2.23. The number of carbonyl (C=O) groups excluding carboxylic acids is 1. The summed E-state index contributed by atoms with van der Waals surface area (Å²) in [5, 5.41) is 0. The Labute approximate surface area is 135 Å². The van der Waals surface area contributed by atoms with Crippen molar-refractivity contribution in [1.29, 1.82) is 0 Å². The molecular formula is C19H19FN2O. The summed E-state index contributed by atoms with van der Waals surface area (Å²) in [5.74, 6) is 0.186. The molecule has 1 saturated heterocycles. The fraction of sp³-hybridized carbons (Fsp3) is 0.368. The molecule has 3 atom stereocenters. The minimum absolute atomic E-state index is 0.0132. The lowest BCUT2D eigenvalue weighted by atomic mass is 10.1. The minimum atomic E-state index is -0.226. The van der Waals surface area contributed by atoms with E-state index in [0.717, 1.165) is 36.9 Å². The highest BCUT2D eigenvalue weighted by molar-refractivity contribution is 5.83. The zero-order valence-electron chi connectivity index (χ0n) is 12.9. The molecule has 1 amide bonds. The molecular weight excluding hydrogens is 291 g/mol. The summed E-state index contributed by atoms with van der Waals surface area (Å²) in [4.78, 5) is 18.9. The van der Waals surface area contributed by atoms with Gasteiger partial charge in [0.05, 0.1) is 6.04 Å². The van der Waals surface area contributed by atoms with Crippen LogP contribution in [-0.4, -0.2) is 22.3 Å². The van der Waals surface area contributed by atoms with Crippen molar-refractivity contribution in [3.05, 3.63) is 65.7 Å². The van der Waals surface area contributed by atoms with Gasteiger partial charge in [-0.3, -0.25) is 9.78 Å². The molecule has 0 spiro atoms. The van der Waals surface area contributed by atoms with Crippen LogP contribution in [-0.2, 0) is 4.79 Å². The Bertz CT molecular complexity index is 718. The zero-order chi connectivity index (χ0) is 15.8. The molecule has 1 saturated carbocycles. The molecule has 4 rings (SSSR count). The van der Waals surface area contributed by atoms with Crippen LogP contribution in [0, 0.1) is 11.7 Å². The van der Waals surface area contributed by atoms with Crippen LogP contribution < -0.4 is 0 Å². The van der Waals surface area contributed by atoms with Gasteiger partial charge < -0.3 is 4.90 Å². The lowest BCUT2D eigenvalue weighted by Crippen LogP contribution is -2.32. The van der Waals surface area contributed by atoms with E-state index in [4.69, 9.17) is 0 Å². The van der Waals surface area contributed by atoms with Crippen molar-refractivity contribution >= 4 is 5.91 Å². The largest absolute Gasteiger partial charge is 0.335 e. The predicted octanol–water partition coefficient (Wildman–Crippen LogP) is 3.69. The molecule has 118 valence electrons. The van der Waals surface area contributed by atoms with Gasteiger partial charge in [-0.1, -0.05) is 12.1 Å². The SMILES string of the molecule is O=C([C@@H]1C[C@H]1c1cccc(F)c1)N1CCC[C@H]1c1ccncc1. The van der Waals surface area contributed by atoms with Crippen molar-refractivity contribution in [2.24, 2.45) is 5.92 Å². The fourth-order valence-corrected chi connectivity index (χ4v) is 3.75. The molecule has 0 bridgehead atoms. The number of benzene rings is 1. The Morgan fingerprint density at radius 3 is 2.78 bits per heavy atom. The van der Waals surface area contributed by atoms with Crippen molar-refractivity contribution in [3.8, 4) is 0 Å². The van der Waals surface area contributed by atoms with Gasteiger partial charge in [-0.15, -0.1) is 0 Å². The van der Waals surface area contributed by atoms with Crippen LogP contribution in [0.15, 0.2) is 48.8 Å². The van der Waals surface area contributed by atoms with Gasteiger partial charge in [-0.2, -0.15) is 0 Å². The topological polar surface area (TPSA) is 33.2 Å². The number of hydrogen-bond donors (Lipinski definition) is 0. The van der Waals surface area contributed by atoms with E-state index in [9.17, 15) is 9.18 Å². The smallest absolute Gasteiger partial charge is 0.226 e. The maximum atomic E-state index is 13.4. The summed E-state index contributed by atoms with van der Waals surface area (Å²) in [6.45, 7) is 0.818. The predicted molar refractivity (Wildman–Crippen MR) is 85.2 cm³/mol. The second kappa shape index (κ2) is 5.76. The van der Waals surface area contributed by atoms with Crippen LogP contribution in [0.1, 0.15) is 42.3 Å². The van der Waals surface area contributed by atoms with Crippen LogP contribution in [0.4, 0.5) is 4.39 Å². The lowest BCUT2D eigenvalue weighted by Gasteiger charge is -2.25. The maximum Gasteiger partial charge on any atom is 0.226 e. The Morgan fingerprint density at radius 2 is 2.00 bits per heavy atom. The highest BCUT2D eigenvalue weighted by Gasteiger charge is 2.47. The van der Waals surface area contributed by atoms with Gasteiger partial charge in [-0.25, -0.2) is 4.39 Å². The highest BCUT2D eigenvalue weighted by Crippen LogP contribution is 2.50. The van der Waals surface area contributed by atoms with Crippen LogP contribution >= 0.6 is 0 Å². The third-order valence-corrected chi connectivity index (χ3v) is 5.01. The first-order valence-corrected chi connectivity index (χ1v) is 8.20. The van der Waals surface area contributed by atoms with Crippen LogP contribution in [0.2, 0.25) is 0 Å². The third-order valence-electron chi connectivity index (χ3n) is 5.01. The molecule has 2 heterocycles. The average Bonchev–Trinajstić information content (AvgIpc) is 3.23. The first kappa shape index (κ1) is 14.4. The Morgan fingerprint density at radius 1 is 1.17 bits per heavy atom. The van der Waals surface area contributed by atoms with Gasteiger partial charge in [-0.05, 0) is 60.6 Å². The summed E-state index contributed by atoms with van der Waals surface area (Å²) in [5.41, 5.74) is 2.11. The maximum absolute atomic E-state index is 13.4. The Balaban J connectivity index is 1.49. The molecule has 1 aromatic carbocycles. The van der Waals surface area contributed by atoms with Gasteiger partial charge >= 0.3 is 0 Å². The van der Waals surface area contributed by atoms with E-state index in [0.29, 0.717) is 0 Å². The van der Waals surface area contributed by atoms with Gasteiger partial charge in [0, 0.05) is 24.9 Å². The van der Waals surface area contributed by atoms with Gasteiger partial charge in [0.2, 0.25) is 5.91 Å². The van der Waals surface area contributed by atoms with Crippen LogP contribution in [0.5, 0.6) is 0 Å². The number of amides is 1. The lowest BCUT2D eigenvalue weighted by molar-refractivity contribution is -0.133. The number of rotatable bonds is 3. The zero-order valence-corrected chi connectivity index (χ0v) is 12.9. The number of hydrogen-bond acceptors (Lipinski definition) is 2. The number of halogens is 1. The highest BCUT2D eigenvalue weighted by atomic mass is 19.1. The van der Waals surface area contributed by atoms with E-state index in [1.807, 2.05) is 23.1 Å². The number of likely N-dealkylation sites (tertiary alicyclic amines) is 1. The first-order chi connectivity index (χ1) is 11.2. The van der Waals surface area contributed by atoms with Crippen LogP contribution in [0.25, 0.3) is 0 Å². The van der Waals surface area contributed by atoms with Gasteiger partial charge in [0.1, 0.15) is 5.82 Å². The van der Waals surface area contributed by atoms with Crippen molar-refractivity contribution in [1.82, 2.24) is 9.88 Å². The normalized spacial score (nSPS) is 26.3. The number of nitrogens with zero attached hydrogens (tertiary/aromatic N) is 2. The van der Waals surface area contributed by atoms with Crippen molar-refractivity contribution in [2.45, 2.75) is 31.2 Å². The van der Waals surface area contributed by atoms with Gasteiger partial charge in [0.15, 0.2) is 0 Å². The van der Waals surface area contributed by atoms with Crippen molar-refractivity contribution in [3.63, 3.8) is 0 Å². The molecule has 2 aromatic rings. The standard InChI is InChI=1S/C19H19FN2O/c20-15-4-1-3-14(11-15)16-12-17(16)19(23)22-10-2-5-18(22)13-6-8-21-9-7-13/h1,3-4,6-9,11,16-18H,2,5,10,12H2/t16-,17+,18-/m0/s1. The third kappa shape index (κ3) is 2.74. The van der Waals surface area contributed by atoms with Crippen LogP contribution in [0.3, 0.4) is 0 Å². The van der Waals surface area contributed by atoms with Crippen molar-refractivity contribution in [2.75, 3.05) is 6.54 Å². The quantitative estimate of drug-likeness (QED) is 0.866. The van der Waals surface area contributed by atoms with E-state index in [1.165, 1.54) is 6.07 Å². The molecule has 3 nitrogen and oxygen atoms in total. The second-order valence-electron chi connectivity index (χ2n) is 6.47. The molecule has 1 aliphatic carbocycles. The molecule has 23 heavy (non-hydrogen) atoms. The van der Waals surface area contributed by atoms with E-state index in [1.54, 1.807) is 24.5 Å². The number of carbonyl (C=O) groups is 1. The van der Waals surface area contributed by atoms with E-state index in [2.05, 4.69) is 4.98 Å². The van der Waals surface area contributed by atoms with Crippen molar-refractivity contribution < 1.29 is 9.18 Å². The molecule has 1 aromatic heterocycles. The van der Waals surface area contributed by atoms with E-state index < -0.39 is 0 Å². The number of aromatic nitrogens is 1. The fourth-order valence-electron chi connectivity index (χ4n) is 3.75. The molecule has 0 N–H and O–H groups in total. The molecule has 0 radical (unpaired) electrons. The summed E-state index contributed by atoms with van der Waals surface area (Å²) in [7, 11) is 0. The second-order valence-corrected chi connectivity index (χ2v) is 6.47. The van der Waals surface area contributed by atoms with E-state index >= 15 is 0 Å². The summed E-state index contributed by atoms with van der Waals surface area (Å²) < 4.78 is 13.4. The Kier molecular flexibility index (Phi) is 3.60. The summed E-state index contributed by atoms with van der Waals surface area (Å²) in [6.07, 6.45) is 6.44. The molecule has 1 aliphatic heterocycles. The minimum Gasteiger partial charge on any atom is -0.335 e. The summed E-state index contributed by atoms with van der Waals surface area (Å²) >= 11 is 0. The molecule has 2 fully saturated rings. The van der Waals surface area contributed by atoms with Gasteiger partial charge in [0.25, 0.3) is 0 Å². The summed E-state index contributed by atoms with van der Waals surface area (Å²) in [6, 6.07) is 10.8. The molecule has 0 unspecified atom stereocenters. The van der Waals surface area contributed by atoms with E-state index in [-0.39, 0.29) is 29.6 Å². The first-order valence-electron chi connectivity index (χ1n) is 8.20. The molecule has 2 aliphatic rings.